The number of halogens is 1. The summed E-state index contributed by atoms with van der Waals surface area (Å²) < 4.78 is 0. The summed E-state index contributed by atoms with van der Waals surface area (Å²) >= 11 is 5.03. The molecule has 0 saturated carbocycles. The number of carbonyl (C=O) groups is 1. The Morgan fingerprint density at radius 1 is 1.88 bits per heavy atom. The maximum absolute atomic E-state index is 10.5. The van der Waals surface area contributed by atoms with E-state index in [1.807, 2.05) is 18.7 Å². The van der Waals surface area contributed by atoms with E-state index in [9.17, 15) is 4.79 Å². The molecule has 0 fully saturated rings. The number of amides is 1. The fraction of sp³-hybridized carbons (Fsp3) is 0.800. The molecular weight excluding hydrogens is 126 g/mol. The molecule has 0 heterocycles. The first-order valence-corrected chi connectivity index (χ1v) is 3.00. The maximum Gasteiger partial charge on any atom is 0.237 e. The molecule has 1 unspecified atom stereocenters. The van der Waals surface area contributed by atoms with Crippen molar-refractivity contribution in [3.63, 3.8) is 0 Å². The van der Waals surface area contributed by atoms with E-state index in [-0.39, 0.29) is 11.8 Å². The van der Waals surface area contributed by atoms with Crippen molar-refractivity contribution in [2.45, 2.75) is 20.3 Å². The highest BCUT2D eigenvalue weighted by Crippen LogP contribution is 1.99. The van der Waals surface area contributed by atoms with E-state index in [4.69, 9.17) is 11.8 Å². The standard InChI is InChI=1S/C5H10ClNO/c1-3-4(2)5(8)7-6/h4H,3H2,1-2H3,(H,7,8). The molecule has 0 radical (unpaired) electrons. The monoisotopic (exact) mass is 135 g/mol. The van der Waals surface area contributed by atoms with Crippen LogP contribution in [0.3, 0.4) is 0 Å². The van der Waals surface area contributed by atoms with Crippen molar-refractivity contribution in [2.75, 3.05) is 0 Å². The van der Waals surface area contributed by atoms with E-state index in [0.29, 0.717) is 0 Å². The summed E-state index contributed by atoms with van der Waals surface area (Å²) in [4.78, 5) is 12.5. The second-order valence-corrected chi connectivity index (χ2v) is 1.96. The van der Waals surface area contributed by atoms with E-state index in [2.05, 4.69) is 0 Å². The number of carbonyl (C=O) groups excluding carboxylic acids is 1. The minimum Gasteiger partial charge on any atom is -0.274 e. The van der Waals surface area contributed by atoms with Crippen LogP contribution in [0.1, 0.15) is 20.3 Å². The summed E-state index contributed by atoms with van der Waals surface area (Å²) in [5.74, 6) is -0.0679. The zero-order valence-corrected chi connectivity index (χ0v) is 5.83. The van der Waals surface area contributed by atoms with Crippen molar-refractivity contribution >= 4 is 17.7 Å². The summed E-state index contributed by atoms with van der Waals surface area (Å²) in [6.45, 7) is 3.77. The van der Waals surface area contributed by atoms with Crippen molar-refractivity contribution in [2.24, 2.45) is 5.92 Å². The lowest BCUT2D eigenvalue weighted by Gasteiger charge is -2.01. The van der Waals surface area contributed by atoms with E-state index >= 15 is 0 Å². The Balaban J connectivity index is 3.46. The quantitative estimate of drug-likeness (QED) is 0.569. The van der Waals surface area contributed by atoms with E-state index in [0.717, 1.165) is 6.42 Å². The molecule has 0 rings (SSSR count). The van der Waals surface area contributed by atoms with Gasteiger partial charge in [0.05, 0.1) is 0 Å². The first kappa shape index (κ1) is 7.76. The lowest BCUT2D eigenvalue weighted by atomic mass is 10.1. The molecule has 0 saturated heterocycles. The molecule has 1 N–H and O–H groups in total. The van der Waals surface area contributed by atoms with Crippen molar-refractivity contribution in [3.8, 4) is 0 Å². The van der Waals surface area contributed by atoms with E-state index in [1.54, 1.807) is 0 Å². The minimum atomic E-state index is -0.103. The third-order valence-electron chi connectivity index (χ3n) is 1.15. The normalized spacial score (nSPS) is 12.9. The average Bonchev–Trinajstić information content (AvgIpc) is 1.84. The lowest BCUT2D eigenvalue weighted by Crippen LogP contribution is -2.20. The highest BCUT2D eigenvalue weighted by atomic mass is 35.5. The van der Waals surface area contributed by atoms with Gasteiger partial charge in [-0.25, -0.2) is 0 Å². The van der Waals surface area contributed by atoms with Crippen molar-refractivity contribution in [3.05, 3.63) is 0 Å². The summed E-state index contributed by atoms with van der Waals surface area (Å²) in [6, 6.07) is 0. The predicted octanol–water partition coefficient (Wildman–Crippen LogP) is 1.30. The smallest absolute Gasteiger partial charge is 0.237 e. The van der Waals surface area contributed by atoms with Gasteiger partial charge in [-0.2, -0.15) is 0 Å². The lowest BCUT2D eigenvalue weighted by molar-refractivity contribution is -0.122. The van der Waals surface area contributed by atoms with Gasteiger partial charge in [0.2, 0.25) is 5.91 Å². The fourth-order valence-electron chi connectivity index (χ4n) is 0.279. The highest BCUT2D eigenvalue weighted by Gasteiger charge is 2.06. The van der Waals surface area contributed by atoms with Gasteiger partial charge in [0, 0.05) is 17.7 Å². The van der Waals surface area contributed by atoms with Gasteiger partial charge in [-0.05, 0) is 6.42 Å². The zero-order valence-electron chi connectivity index (χ0n) is 5.07. The van der Waals surface area contributed by atoms with Crippen LogP contribution in [-0.2, 0) is 4.79 Å². The molecule has 0 aliphatic carbocycles. The summed E-state index contributed by atoms with van der Waals surface area (Å²) in [7, 11) is 0. The Morgan fingerprint density at radius 3 is 2.50 bits per heavy atom. The van der Waals surface area contributed by atoms with E-state index < -0.39 is 0 Å². The number of rotatable bonds is 2. The van der Waals surface area contributed by atoms with E-state index in [1.165, 1.54) is 0 Å². The SMILES string of the molecule is CCC(C)C(=O)NCl. The molecule has 0 aromatic heterocycles. The van der Waals surface area contributed by atoms with Gasteiger partial charge in [0.15, 0.2) is 0 Å². The molecule has 0 aromatic carbocycles. The maximum atomic E-state index is 10.5. The Kier molecular flexibility index (Phi) is 3.61. The van der Waals surface area contributed by atoms with Gasteiger partial charge in [0.1, 0.15) is 0 Å². The van der Waals surface area contributed by atoms with Gasteiger partial charge in [-0.15, -0.1) is 0 Å². The third kappa shape index (κ3) is 2.17. The summed E-state index contributed by atoms with van der Waals surface area (Å²) in [5, 5.41) is 0. The van der Waals surface area contributed by atoms with Crippen LogP contribution in [0.4, 0.5) is 0 Å². The van der Waals surface area contributed by atoms with Crippen LogP contribution in [0.15, 0.2) is 0 Å². The molecular formula is C5H10ClNO. The van der Waals surface area contributed by atoms with Crippen molar-refractivity contribution in [1.82, 2.24) is 4.84 Å². The van der Waals surface area contributed by atoms with Gasteiger partial charge < -0.3 is 0 Å². The third-order valence-corrected chi connectivity index (χ3v) is 1.34. The molecule has 2 nitrogen and oxygen atoms in total. The molecule has 3 heteroatoms. The Bertz CT molecular complexity index is 84.5. The van der Waals surface area contributed by atoms with Crippen LogP contribution in [0.5, 0.6) is 0 Å². The fourth-order valence-corrected chi connectivity index (χ4v) is 0.465. The number of hydrogen-bond acceptors (Lipinski definition) is 1. The number of hydrogen-bond donors (Lipinski definition) is 1. The Labute approximate surface area is 54.3 Å². The van der Waals surface area contributed by atoms with Gasteiger partial charge in [0.25, 0.3) is 0 Å². The Morgan fingerprint density at radius 2 is 2.38 bits per heavy atom. The molecule has 8 heavy (non-hydrogen) atoms. The van der Waals surface area contributed by atoms with Crippen LogP contribution in [0.2, 0.25) is 0 Å². The highest BCUT2D eigenvalue weighted by molar-refractivity contribution is 6.21. The van der Waals surface area contributed by atoms with Crippen LogP contribution in [-0.4, -0.2) is 5.91 Å². The summed E-state index contributed by atoms with van der Waals surface area (Å²) in [6.07, 6.45) is 0.832. The first-order valence-electron chi connectivity index (χ1n) is 2.62. The largest absolute Gasteiger partial charge is 0.274 e. The predicted molar refractivity (Wildman–Crippen MR) is 33.5 cm³/mol. The minimum absolute atomic E-state index is 0.0347. The Hall–Kier alpha value is -0.240. The molecule has 1 atom stereocenters. The molecule has 0 aliphatic rings. The van der Waals surface area contributed by atoms with Gasteiger partial charge >= 0.3 is 0 Å². The molecule has 0 bridgehead atoms. The van der Waals surface area contributed by atoms with Crippen molar-refractivity contribution in [1.29, 1.82) is 0 Å². The topological polar surface area (TPSA) is 29.1 Å². The molecule has 0 aliphatic heterocycles. The second kappa shape index (κ2) is 3.72. The second-order valence-electron chi connectivity index (χ2n) is 1.77. The first-order chi connectivity index (χ1) is 3.72. The van der Waals surface area contributed by atoms with Crippen LogP contribution < -0.4 is 4.84 Å². The molecule has 1 amide bonds. The number of nitrogens with one attached hydrogen (secondary N) is 1. The summed E-state index contributed by atoms with van der Waals surface area (Å²) in [5.41, 5.74) is 0. The van der Waals surface area contributed by atoms with Crippen LogP contribution >= 0.6 is 11.8 Å². The molecule has 0 aromatic rings. The zero-order chi connectivity index (χ0) is 6.57. The van der Waals surface area contributed by atoms with Crippen LogP contribution in [0, 0.1) is 5.92 Å². The van der Waals surface area contributed by atoms with Crippen LogP contribution in [0.25, 0.3) is 0 Å². The average molecular weight is 136 g/mol. The molecule has 48 valence electrons. The van der Waals surface area contributed by atoms with Gasteiger partial charge in [-0.3, -0.25) is 9.63 Å². The van der Waals surface area contributed by atoms with Crippen molar-refractivity contribution < 1.29 is 4.79 Å². The van der Waals surface area contributed by atoms with Gasteiger partial charge in [-0.1, -0.05) is 13.8 Å². The molecule has 0 spiro atoms.